The molecule has 0 amide bonds. The summed E-state index contributed by atoms with van der Waals surface area (Å²) in [6.45, 7) is 4.02. The van der Waals surface area contributed by atoms with Crippen LogP contribution in [-0.4, -0.2) is 11.0 Å². The van der Waals surface area contributed by atoms with Crippen molar-refractivity contribution in [2.45, 2.75) is 25.2 Å². The van der Waals surface area contributed by atoms with Crippen LogP contribution in [0.3, 0.4) is 0 Å². The number of allylic oxidation sites excluding steroid dienone is 4. The van der Waals surface area contributed by atoms with Crippen LogP contribution in [0.5, 0.6) is 0 Å². The first-order valence-electron chi connectivity index (χ1n) is 6.64. The van der Waals surface area contributed by atoms with Crippen molar-refractivity contribution in [2.75, 3.05) is 0 Å². The second-order valence-corrected chi connectivity index (χ2v) is 5.32. The standard InChI is InChI=1S/C17H16O2/c1-11-9-14(12-5-3-2-4-6-12)17(19)16(11)15(10-18)13-7-8-13/h2-6,13-14,19H,1,7-9H2. The number of benzene rings is 1. The van der Waals surface area contributed by atoms with Gasteiger partial charge in [0.2, 0.25) is 0 Å². The number of rotatable bonds is 3. The van der Waals surface area contributed by atoms with E-state index in [-0.39, 0.29) is 11.8 Å². The van der Waals surface area contributed by atoms with Crippen LogP contribution in [0, 0.1) is 5.92 Å². The largest absolute Gasteiger partial charge is 0.511 e. The molecule has 2 aliphatic carbocycles. The maximum atomic E-state index is 11.2. The molecular formula is C17H16O2. The average Bonchev–Trinajstić information content (AvgIpc) is 3.22. The Morgan fingerprint density at radius 3 is 2.53 bits per heavy atom. The Labute approximate surface area is 112 Å². The third-order valence-electron chi connectivity index (χ3n) is 3.96. The molecule has 1 saturated carbocycles. The lowest BCUT2D eigenvalue weighted by Gasteiger charge is -2.10. The molecule has 0 saturated heterocycles. The van der Waals surface area contributed by atoms with Gasteiger partial charge in [0.15, 0.2) is 0 Å². The zero-order valence-corrected chi connectivity index (χ0v) is 10.7. The molecule has 1 atom stereocenters. The fourth-order valence-electron chi connectivity index (χ4n) is 2.80. The van der Waals surface area contributed by atoms with Crippen molar-refractivity contribution in [1.29, 1.82) is 0 Å². The van der Waals surface area contributed by atoms with Crippen molar-refractivity contribution in [2.24, 2.45) is 5.92 Å². The normalized spacial score (nSPS) is 22.5. The minimum atomic E-state index is -0.0641. The van der Waals surface area contributed by atoms with Crippen molar-refractivity contribution < 1.29 is 9.90 Å². The maximum absolute atomic E-state index is 11.2. The predicted octanol–water partition coefficient (Wildman–Crippen LogP) is 3.71. The van der Waals surface area contributed by atoms with Gasteiger partial charge < -0.3 is 5.11 Å². The quantitative estimate of drug-likeness (QED) is 0.833. The van der Waals surface area contributed by atoms with Gasteiger partial charge in [-0.1, -0.05) is 36.9 Å². The van der Waals surface area contributed by atoms with E-state index >= 15 is 0 Å². The van der Waals surface area contributed by atoms with E-state index in [2.05, 4.69) is 6.58 Å². The van der Waals surface area contributed by atoms with Gasteiger partial charge in [0.25, 0.3) is 0 Å². The number of hydrogen-bond donors (Lipinski definition) is 1. The summed E-state index contributed by atoms with van der Waals surface area (Å²) in [7, 11) is 0. The fourth-order valence-corrected chi connectivity index (χ4v) is 2.80. The van der Waals surface area contributed by atoms with E-state index in [4.69, 9.17) is 0 Å². The summed E-state index contributed by atoms with van der Waals surface area (Å²) in [6.07, 6.45) is 2.72. The molecule has 0 heterocycles. The summed E-state index contributed by atoms with van der Waals surface area (Å²) in [4.78, 5) is 11.2. The van der Waals surface area contributed by atoms with Crippen LogP contribution < -0.4 is 0 Å². The van der Waals surface area contributed by atoms with E-state index in [9.17, 15) is 9.90 Å². The van der Waals surface area contributed by atoms with E-state index in [1.54, 1.807) is 0 Å². The molecular weight excluding hydrogens is 236 g/mol. The van der Waals surface area contributed by atoms with Crippen molar-refractivity contribution in [1.82, 2.24) is 0 Å². The van der Waals surface area contributed by atoms with Crippen LogP contribution in [-0.2, 0) is 4.79 Å². The molecule has 2 heteroatoms. The Bertz CT molecular complexity index is 599. The summed E-state index contributed by atoms with van der Waals surface area (Å²) in [6, 6.07) is 9.87. The summed E-state index contributed by atoms with van der Waals surface area (Å²) < 4.78 is 0. The molecule has 96 valence electrons. The molecule has 1 N–H and O–H groups in total. The number of carbonyl (C=O) groups excluding carboxylic acids is 1. The highest BCUT2D eigenvalue weighted by Crippen LogP contribution is 2.48. The lowest BCUT2D eigenvalue weighted by molar-refractivity contribution is 0.373. The van der Waals surface area contributed by atoms with Gasteiger partial charge in [0.1, 0.15) is 11.7 Å². The van der Waals surface area contributed by atoms with Gasteiger partial charge in [0, 0.05) is 17.1 Å². The molecule has 1 fully saturated rings. The average molecular weight is 252 g/mol. The Balaban J connectivity index is 2.01. The van der Waals surface area contributed by atoms with Crippen LogP contribution in [0.25, 0.3) is 0 Å². The van der Waals surface area contributed by atoms with Crippen LogP contribution in [0.1, 0.15) is 30.7 Å². The number of aliphatic hydroxyl groups excluding tert-OH is 1. The second kappa shape index (κ2) is 4.56. The van der Waals surface area contributed by atoms with Gasteiger partial charge in [-0.3, -0.25) is 0 Å². The topological polar surface area (TPSA) is 37.3 Å². The van der Waals surface area contributed by atoms with Gasteiger partial charge in [-0.05, 0) is 36.3 Å². The zero-order chi connectivity index (χ0) is 13.4. The van der Waals surface area contributed by atoms with E-state index < -0.39 is 0 Å². The van der Waals surface area contributed by atoms with E-state index in [0.717, 1.165) is 24.0 Å². The highest BCUT2D eigenvalue weighted by Gasteiger charge is 2.37. The summed E-state index contributed by atoms with van der Waals surface area (Å²) >= 11 is 0. The molecule has 0 radical (unpaired) electrons. The molecule has 2 nitrogen and oxygen atoms in total. The van der Waals surface area contributed by atoms with Gasteiger partial charge in [-0.25, -0.2) is 4.79 Å². The Kier molecular flexibility index (Phi) is 2.88. The van der Waals surface area contributed by atoms with Gasteiger partial charge in [0.05, 0.1) is 0 Å². The van der Waals surface area contributed by atoms with Gasteiger partial charge >= 0.3 is 0 Å². The van der Waals surface area contributed by atoms with Crippen LogP contribution in [0.15, 0.2) is 59.4 Å². The highest BCUT2D eigenvalue weighted by atomic mass is 16.3. The molecule has 1 aromatic carbocycles. The molecule has 0 bridgehead atoms. The van der Waals surface area contributed by atoms with E-state index in [1.165, 1.54) is 0 Å². The van der Waals surface area contributed by atoms with Crippen molar-refractivity contribution >= 4 is 5.94 Å². The molecule has 1 aromatic rings. The Morgan fingerprint density at radius 1 is 1.26 bits per heavy atom. The molecule has 1 unspecified atom stereocenters. The predicted molar refractivity (Wildman–Crippen MR) is 74.5 cm³/mol. The monoisotopic (exact) mass is 252 g/mol. The van der Waals surface area contributed by atoms with E-state index in [1.807, 2.05) is 36.3 Å². The molecule has 3 rings (SSSR count). The summed E-state index contributed by atoms with van der Waals surface area (Å²) in [5.74, 6) is 2.53. The van der Waals surface area contributed by atoms with Crippen molar-refractivity contribution in [3.8, 4) is 0 Å². The van der Waals surface area contributed by atoms with Gasteiger partial charge in [-0.15, -0.1) is 0 Å². The van der Waals surface area contributed by atoms with Crippen LogP contribution in [0.4, 0.5) is 0 Å². The molecule has 19 heavy (non-hydrogen) atoms. The zero-order valence-electron chi connectivity index (χ0n) is 10.7. The minimum absolute atomic E-state index is 0.0641. The number of aliphatic hydroxyl groups is 1. The van der Waals surface area contributed by atoms with Crippen LogP contribution in [0.2, 0.25) is 0 Å². The summed E-state index contributed by atoms with van der Waals surface area (Å²) in [5, 5.41) is 10.5. The molecule has 0 aromatic heterocycles. The first-order valence-corrected chi connectivity index (χ1v) is 6.64. The number of hydrogen-bond acceptors (Lipinski definition) is 2. The fraction of sp³-hybridized carbons (Fsp3) is 0.294. The van der Waals surface area contributed by atoms with Crippen molar-refractivity contribution in [3.63, 3.8) is 0 Å². The third kappa shape index (κ3) is 2.05. The second-order valence-electron chi connectivity index (χ2n) is 5.32. The first-order chi connectivity index (χ1) is 9.22. The summed E-state index contributed by atoms with van der Waals surface area (Å²) in [5.41, 5.74) is 3.22. The smallest absolute Gasteiger partial charge is 0.128 e. The lowest BCUT2D eigenvalue weighted by Crippen LogP contribution is -1.99. The van der Waals surface area contributed by atoms with Gasteiger partial charge in [-0.2, -0.15) is 0 Å². The van der Waals surface area contributed by atoms with E-state index in [0.29, 0.717) is 23.3 Å². The molecule has 0 spiro atoms. The first kappa shape index (κ1) is 12.0. The lowest BCUT2D eigenvalue weighted by atomic mass is 9.97. The molecule has 2 aliphatic rings. The third-order valence-corrected chi connectivity index (χ3v) is 3.96. The Morgan fingerprint density at radius 2 is 1.95 bits per heavy atom. The molecule has 0 aliphatic heterocycles. The minimum Gasteiger partial charge on any atom is -0.511 e. The Hall–Kier alpha value is -2.05. The van der Waals surface area contributed by atoms with Crippen molar-refractivity contribution in [3.05, 3.63) is 65.0 Å². The highest BCUT2D eigenvalue weighted by molar-refractivity contribution is 5.70. The SMILES string of the molecule is C=C1CC(c2ccccc2)C(O)=C1C(=C=O)C1CC1. The maximum Gasteiger partial charge on any atom is 0.128 e. The van der Waals surface area contributed by atoms with Crippen LogP contribution >= 0.6 is 0 Å².